The van der Waals surface area contributed by atoms with Crippen LogP contribution >= 0.6 is 0 Å². The van der Waals surface area contributed by atoms with Gasteiger partial charge in [-0.1, -0.05) is 36.4 Å². The van der Waals surface area contributed by atoms with E-state index in [0.29, 0.717) is 30.1 Å². The van der Waals surface area contributed by atoms with Crippen LogP contribution in [0.1, 0.15) is 37.8 Å². The van der Waals surface area contributed by atoms with Crippen molar-refractivity contribution in [3.8, 4) is 0 Å². The highest BCUT2D eigenvalue weighted by molar-refractivity contribution is 6.03. The summed E-state index contributed by atoms with van der Waals surface area (Å²) in [5.41, 5.74) is 2.89. The molecule has 0 atom stereocenters. The predicted molar refractivity (Wildman–Crippen MR) is 117 cm³/mol. The molecule has 0 saturated heterocycles. The van der Waals surface area contributed by atoms with Crippen molar-refractivity contribution in [3.05, 3.63) is 114 Å². The Morgan fingerprint density at radius 1 is 0.871 bits per heavy atom. The highest BCUT2D eigenvalue weighted by Crippen LogP contribution is 2.21. The lowest BCUT2D eigenvalue weighted by Gasteiger charge is -2.22. The minimum atomic E-state index is -0.366. The number of hydrogen-bond donors (Lipinski definition) is 1. The molecule has 2 amide bonds. The topological polar surface area (TPSA) is 75.7 Å². The van der Waals surface area contributed by atoms with E-state index < -0.39 is 0 Å². The third-order valence-corrected chi connectivity index (χ3v) is 4.91. The second-order valence-corrected chi connectivity index (χ2v) is 7.19. The minimum Gasteiger partial charge on any atom is -0.467 e. The number of hydrogen-bond acceptors (Lipinski definition) is 4. The van der Waals surface area contributed by atoms with Crippen LogP contribution in [0.15, 0.2) is 94.2 Å². The smallest absolute Gasteiger partial charge is 0.291 e. The predicted octanol–water partition coefficient (Wildman–Crippen LogP) is 5.28. The first-order valence-electron chi connectivity index (χ1n) is 9.91. The maximum absolute atomic E-state index is 13.4. The molecule has 4 aromatic rings. The van der Waals surface area contributed by atoms with Gasteiger partial charge in [-0.25, -0.2) is 0 Å². The largest absolute Gasteiger partial charge is 0.467 e. The summed E-state index contributed by atoms with van der Waals surface area (Å²) >= 11 is 0. The summed E-state index contributed by atoms with van der Waals surface area (Å²) in [5, 5.41) is 2.82. The van der Waals surface area contributed by atoms with Gasteiger partial charge in [0.1, 0.15) is 5.76 Å². The first-order chi connectivity index (χ1) is 15.1. The van der Waals surface area contributed by atoms with Crippen LogP contribution in [-0.4, -0.2) is 16.7 Å². The molecule has 0 aliphatic heterocycles. The molecule has 0 aliphatic rings. The Kier molecular flexibility index (Phi) is 5.98. The molecule has 1 N–H and O–H groups in total. The number of aryl methyl sites for hydroxylation is 1. The van der Waals surface area contributed by atoms with Gasteiger partial charge in [-0.15, -0.1) is 0 Å². The van der Waals surface area contributed by atoms with Crippen LogP contribution in [0.5, 0.6) is 0 Å². The molecule has 0 radical (unpaired) electrons. The third kappa shape index (κ3) is 4.93. The quantitative estimate of drug-likeness (QED) is 0.447. The molecule has 2 heterocycles. The fraction of sp³-hybridized carbons (Fsp3) is 0.120. The zero-order chi connectivity index (χ0) is 21.6. The maximum Gasteiger partial charge on any atom is 0.291 e. The van der Waals surface area contributed by atoms with Crippen molar-refractivity contribution in [2.75, 3.05) is 5.32 Å². The van der Waals surface area contributed by atoms with Crippen LogP contribution in [0.3, 0.4) is 0 Å². The van der Waals surface area contributed by atoms with Crippen molar-refractivity contribution in [1.82, 2.24) is 4.90 Å². The Bertz CT molecular complexity index is 1150. The standard InChI is InChI=1S/C25H22N2O4/c1-18-11-12-20(15-22(18)26-24(28)23-10-6-14-31-23)25(29)27(17-21-9-5-13-30-21)16-19-7-3-2-4-8-19/h2-15H,16-17H2,1H3,(H,26,28). The normalized spacial score (nSPS) is 10.6. The van der Waals surface area contributed by atoms with Gasteiger partial charge >= 0.3 is 0 Å². The van der Waals surface area contributed by atoms with E-state index in [1.807, 2.05) is 49.4 Å². The van der Waals surface area contributed by atoms with Gasteiger partial charge in [-0.3, -0.25) is 9.59 Å². The zero-order valence-electron chi connectivity index (χ0n) is 17.1. The molecule has 2 aromatic heterocycles. The SMILES string of the molecule is Cc1ccc(C(=O)N(Cc2ccccc2)Cc2ccco2)cc1NC(=O)c1ccco1. The van der Waals surface area contributed by atoms with Crippen molar-refractivity contribution < 1.29 is 18.4 Å². The van der Waals surface area contributed by atoms with E-state index in [-0.39, 0.29) is 17.6 Å². The lowest BCUT2D eigenvalue weighted by Crippen LogP contribution is -2.30. The third-order valence-electron chi connectivity index (χ3n) is 4.91. The van der Waals surface area contributed by atoms with Crippen molar-refractivity contribution in [2.24, 2.45) is 0 Å². The van der Waals surface area contributed by atoms with Crippen LogP contribution in [0, 0.1) is 6.92 Å². The van der Waals surface area contributed by atoms with Crippen LogP contribution in [-0.2, 0) is 13.1 Å². The van der Waals surface area contributed by atoms with Crippen molar-refractivity contribution in [3.63, 3.8) is 0 Å². The molecule has 6 nitrogen and oxygen atoms in total. The summed E-state index contributed by atoms with van der Waals surface area (Å²) in [4.78, 5) is 27.5. The van der Waals surface area contributed by atoms with E-state index in [1.165, 1.54) is 6.26 Å². The van der Waals surface area contributed by atoms with Crippen molar-refractivity contribution >= 4 is 17.5 Å². The lowest BCUT2D eigenvalue weighted by molar-refractivity contribution is 0.0717. The van der Waals surface area contributed by atoms with E-state index in [4.69, 9.17) is 8.83 Å². The summed E-state index contributed by atoms with van der Waals surface area (Å²) in [6.45, 7) is 2.64. The van der Waals surface area contributed by atoms with Crippen molar-refractivity contribution in [2.45, 2.75) is 20.0 Å². The summed E-state index contributed by atoms with van der Waals surface area (Å²) in [6.07, 6.45) is 3.03. The molecule has 31 heavy (non-hydrogen) atoms. The van der Waals surface area contributed by atoms with Crippen LogP contribution in [0.25, 0.3) is 0 Å². The molecule has 0 bridgehead atoms. The fourth-order valence-electron chi connectivity index (χ4n) is 3.26. The molecule has 6 heteroatoms. The molecular weight excluding hydrogens is 392 g/mol. The Morgan fingerprint density at radius 3 is 2.35 bits per heavy atom. The second-order valence-electron chi connectivity index (χ2n) is 7.19. The summed E-state index contributed by atoms with van der Waals surface area (Å²) in [6, 6.07) is 21.9. The molecule has 0 saturated carbocycles. The van der Waals surface area contributed by atoms with Gasteiger partial charge < -0.3 is 19.1 Å². The molecule has 0 aliphatic carbocycles. The molecular formula is C25H22N2O4. The fourth-order valence-corrected chi connectivity index (χ4v) is 3.26. The molecule has 0 spiro atoms. The molecule has 0 fully saturated rings. The average molecular weight is 414 g/mol. The highest BCUT2D eigenvalue weighted by atomic mass is 16.3. The summed E-state index contributed by atoms with van der Waals surface area (Å²) in [7, 11) is 0. The van der Waals surface area contributed by atoms with E-state index >= 15 is 0 Å². The first-order valence-corrected chi connectivity index (χ1v) is 9.91. The Hall–Kier alpha value is -4.06. The van der Waals surface area contributed by atoms with Crippen LogP contribution < -0.4 is 5.32 Å². The number of amides is 2. The number of carbonyl (C=O) groups is 2. The molecule has 2 aromatic carbocycles. The maximum atomic E-state index is 13.4. The first kappa shape index (κ1) is 20.2. The van der Waals surface area contributed by atoms with E-state index in [0.717, 1.165) is 11.1 Å². The number of nitrogens with one attached hydrogen (secondary N) is 1. The van der Waals surface area contributed by atoms with Gasteiger partial charge in [0.25, 0.3) is 11.8 Å². The lowest BCUT2D eigenvalue weighted by atomic mass is 10.1. The number of furan rings is 2. The molecule has 4 rings (SSSR count). The number of rotatable bonds is 7. The van der Waals surface area contributed by atoms with Gasteiger partial charge in [0.15, 0.2) is 5.76 Å². The Labute approximate surface area is 180 Å². The number of nitrogens with zero attached hydrogens (tertiary/aromatic N) is 1. The minimum absolute atomic E-state index is 0.159. The monoisotopic (exact) mass is 414 g/mol. The summed E-state index contributed by atoms with van der Waals surface area (Å²) < 4.78 is 10.6. The summed E-state index contributed by atoms with van der Waals surface area (Å²) in [5.74, 6) is 0.380. The van der Waals surface area contributed by atoms with Gasteiger partial charge in [0.2, 0.25) is 0 Å². The molecule has 0 unspecified atom stereocenters. The van der Waals surface area contributed by atoms with Gasteiger partial charge in [0.05, 0.1) is 19.1 Å². The van der Waals surface area contributed by atoms with Crippen LogP contribution in [0.4, 0.5) is 5.69 Å². The Morgan fingerprint density at radius 2 is 1.65 bits per heavy atom. The zero-order valence-corrected chi connectivity index (χ0v) is 17.1. The number of anilines is 1. The van der Waals surface area contributed by atoms with E-state index in [9.17, 15) is 9.59 Å². The van der Waals surface area contributed by atoms with Gasteiger partial charge in [0, 0.05) is 17.8 Å². The van der Waals surface area contributed by atoms with Gasteiger partial charge in [-0.2, -0.15) is 0 Å². The van der Waals surface area contributed by atoms with E-state index in [2.05, 4.69) is 5.32 Å². The highest BCUT2D eigenvalue weighted by Gasteiger charge is 2.20. The van der Waals surface area contributed by atoms with E-state index in [1.54, 1.807) is 41.5 Å². The Balaban J connectivity index is 1.59. The average Bonchev–Trinajstić information content (AvgIpc) is 3.49. The second kappa shape index (κ2) is 9.17. The molecule has 156 valence electrons. The number of benzene rings is 2. The number of carbonyl (C=O) groups excluding carboxylic acids is 2. The van der Waals surface area contributed by atoms with Gasteiger partial charge in [-0.05, 0) is 54.4 Å². The van der Waals surface area contributed by atoms with Crippen LogP contribution in [0.2, 0.25) is 0 Å². The van der Waals surface area contributed by atoms with Crippen molar-refractivity contribution in [1.29, 1.82) is 0 Å².